The van der Waals surface area contributed by atoms with Gasteiger partial charge in [0.1, 0.15) is 0 Å². The van der Waals surface area contributed by atoms with Gasteiger partial charge in [-0.1, -0.05) is 19.3 Å². The van der Waals surface area contributed by atoms with Crippen LogP contribution < -0.4 is 0 Å². The molecule has 1 unspecified atom stereocenters. The number of nitrogens with zero attached hydrogens (tertiary/aromatic N) is 1. The molecule has 1 aliphatic carbocycles. The van der Waals surface area contributed by atoms with E-state index in [9.17, 15) is 0 Å². The summed E-state index contributed by atoms with van der Waals surface area (Å²) in [6.07, 6.45) is 10.3. The summed E-state index contributed by atoms with van der Waals surface area (Å²) in [6, 6.07) is 0.878. The summed E-state index contributed by atoms with van der Waals surface area (Å²) in [6.45, 7) is 5.20. The normalized spacial score (nSPS) is 29.3. The molecule has 1 heterocycles. The van der Waals surface area contributed by atoms with Crippen LogP contribution in [0.15, 0.2) is 0 Å². The lowest BCUT2D eigenvalue weighted by molar-refractivity contribution is 0.157. The van der Waals surface area contributed by atoms with Gasteiger partial charge in [0.15, 0.2) is 0 Å². The zero-order valence-corrected chi connectivity index (χ0v) is 8.97. The Morgan fingerprint density at radius 3 is 2.15 bits per heavy atom. The summed E-state index contributed by atoms with van der Waals surface area (Å²) in [5.41, 5.74) is 0. The molecule has 0 bridgehead atoms. The van der Waals surface area contributed by atoms with Crippen molar-refractivity contribution in [3.05, 3.63) is 0 Å². The summed E-state index contributed by atoms with van der Waals surface area (Å²) >= 11 is 0. The van der Waals surface area contributed by atoms with Crippen LogP contribution in [-0.4, -0.2) is 24.0 Å². The van der Waals surface area contributed by atoms with Crippen LogP contribution in [0.25, 0.3) is 0 Å². The summed E-state index contributed by atoms with van der Waals surface area (Å²) in [5.74, 6) is 1.02. The Kier molecular flexibility index (Phi) is 3.26. The minimum atomic E-state index is 0.878. The zero-order valence-electron chi connectivity index (χ0n) is 8.97. The topological polar surface area (TPSA) is 3.24 Å². The van der Waals surface area contributed by atoms with E-state index in [0.29, 0.717) is 0 Å². The van der Waals surface area contributed by atoms with Crippen molar-refractivity contribution in [2.75, 3.05) is 13.1 Å². The second kappa shape index (κ2) is 4.45. The SMILES string of the molecule is CC(C1CCCCC1)N1CCCC1. The van der Waals surface area contributed by atoms with Gasteiger partial charge in [-0.25, -0.2) is 0 Å². The van der Waals surface area contributed by atoms with Gasteiger partial charge < -0.3 is 4.90 Å². The highest BCUT2D eigenvalue weighted by molar-refractivity contribution is 4.80. The van der Waals surface area contributed by atoms with E-state index in [1.165, 1.54) is 58.0 Å². The highest BCUT2D eigenvalue weighted by atomic mass is 15.2. The van der Waals surface area contributed by atoms with Crippen LogP contribution in [0, 0.1) is 5.92 Å². The Morgan fingerprint density at radius 1 is 0.923 bits per heavy atom. The van der Waals surface area contributed by atoms with Crippen molar-refractivity contribution < 1.29 is 0 Å². The Bertz CT molecular complexity index is 143. The molecule has 0 N–H and O–H groups in total. The quantitative estimate of drug-likeness (QED) is 0.633. The second-order valence-corrected chi connectivity index (χ2v) is 4.88. The number of hydrogen-bond donors (Lipinski definition) is 0. The molecule has 0 aromatic rings. The van der Waals surface area contributed by atoms with Gasteiger partial charge in [-0.15, -0.1) is 0 Å². The van der Waals surface area contributed by atoms with Gasteiger partial charge in [0.05, 0.1) is 0 Å². The molecular formula is C12H23N. The van der Waals surface area contributed by atoms with Gasteiger partial charge in [0, 0.05) is 6.04 Å². The molecule has 0 amide bonds. The van der Waals surface area contributed by atoms with Crippen molar-refractivity contribution in [2.24, 2.45) is 5.92 Å². The predicted octanol–water partition coefficient (Wildman–Crippen LogP) is 3.05. The lowest BCUT2D eigenvalue weighted by atomic mass is 9.84. The largest absolute Gasteiger partial charge is 0.300 e. The lowest BCUT2D eigenvalue weighted by Gasteiger charge is -2.34. The zero-order chi connectivity index (χ0) is 9.10. The molecule has 1 saturated carbocycles. The smallest absolute Gasteiger partial charge is 0.00951 e. The fourth-order valence-electron chi connectivity index (χ4n) is 3.06. The van der Waals surface area contributed by atoms with Crippen molar-refractivity contribution in [1.29, 1.82) is 0 Å². The average Bonchev–Trinajstić information content (AvgIpc) is 2.71. The highest BCUT2D eigenvalue weighted by Crippen LogP contribution is 2.30. The molecule has 13 heavy (non-hydrogen) atoms. The standard InChI is InChI=1S/C12H23N/c1-11(13-9-5-6-10-13)12-7-3-2-4-8-12/h11-12H,2-10H2,1H3. The molecule has 76 valence electrons. The Balaban J connectivity index is 1.83. The van der Waals surface area contributed by atoms with Crippen LogP contribution in [0.4, 0.5) is 0 Å². The van der Waals surface area contributed by atoms with Crippen molar-refractivity contribution in [3.63, 3.8) is 0 Å². The van der Waals surface area contributed by atoms with E-state index in [2.05, 4.69) is 11.8 Å². The maximum absolute atomic E-state index is 2.72. The molecule has 1 atom stereocenters. The minimum Gasteiger partial charge on any atom is -0.300 e. The third kappa shape index (κ3) is 2.25. The van der Waals surface area contributed by atoms with Gasteiger partial charge in [-0.3, -0.25) is 0 Å². The number of rotatable bonds is 2. The third-order valence-electron chi connectivity index (χ3n) is 4.05. The molecule has 2 fully saturated rings. The van der Waals surface area contributed by atoms with Gasteiger partial charge >= 0.3 is 0 Å². The van der Waals surface area contributed by atoms with Crippen LogP contribution in [-0.2, 0) is 0 Å². The first-order valence-corrected chi connectivity index (χ1v) is 6.12. The number of likely N-dealkylation sites (tertiary alicyclic amines) is 1. The highest BCUT2D eigenvalue weighted by Gasteiger charge is 2.26. The van der Waals surface area contributed by atoms with Gasteiger partial charge in [-0.2, -0.15) is 0 Å². The van der Waals surface area contributed by atoms with E-state index in [0.717, 1.165) is 12.0 Å². The van der Waals surface area contributed by atoms with Crippen LogP contribution in [0.3, 0.4) is 0 Å². The van der Waals surface area contributed by atoms with E-state index < -0.39 is 0 Å². The van der Waals surface area contributed by atoms with E-state index in [1.54, 1.807) is 0 Å². The van der Waals surface area contributed by atoms with E-state index in [1.807, 2.05) is 0 Å². The van der Waals surface area contributed by atoms with E-state index in [-0.39, 0.29) is 0 Å². The van der Waals surface area contributed by atoms with Crippen LogP contribution in [0.5, 0.6) is 0 Å². The molecule has 0 aromatic heterocycles. The molecule has 0 radical (unpaired) electrons. The van der Waals surface area contributed by atoms with Gasteiger partial charge in [-0.05, 0) is 51.6 Å². The van der Waals surface area contributed by atoms with Crippen molar-refractivity contribution in [3.8, 4) is 0 Å². The second-order valence-electron chi connectivity index (χ2n) is 4.88. The molecule has 0 spiro atoms. The van der Waals surface area contributed by atoms with Crippen LogP contribution >= 0.6 is 0 Å². The molecule has 1 nitrogen and oxygen atoms in total. The third-order valence-corrected chi connectivity index (χ3v) is 4.05. The van der Waals surface area contributed by atoms with E-state index in [4.69, 9.17) is 0 Å². The Hall–Kier alpha value is -0.0400. The molecule has 2 rings (SSSR count). The van der Waals surface area contributed by atoms with Crippen molar-refractivity contribution in [2.45, 2.75) is 57.9 Å². The fourth-order valence-corrected chi connectivity index (χ4v) is 3.06. The number of hydrogen-bond acceptors (Lipinski definition) is 1. The monoisotopic (exact) mass is 181 g/mol. The summed E-state index contributed by atoms with van der Waals surface area (Å²) in [4.78, 5) is 2.72. The van der Waals surface area contributed by atoms with Crippen molar-refractivity contribution >= 4 is 0 Å². The first-order valence-electron chi connectivity index (χ1n) is 6.12. The first kappa shape index (κ1) is 9.51. The molecule has 1 heteroatoms. The Labute approximate surface area is 82.5 Å². The molecular weight excluding hydrogens is 158 g/mol. The first-order chi connectivity index (χ1) is 6.38. The minimum absolute atomic E-state index is 0.878. The summed E-state index contributed by atoms with van der Waals surface area (Å²) < 4.78 is 0. The predicted molar refractivity (Wildman–Crippen MR) is 56.8 cm³/mol. The van der Waals surface area contributed by atoms with Crippen molar-refractivity contribution in [1.82, 2.24) is 4.90 Å². The Morgan fingerprint density at radius 2 is 1.54 bits per heavy atom. The van der Waals surface area contributed by atoms with Crippen LogP contribution in [0.1, 0.15) is 51.9 Å². The maximum Gasteiger partial charge on any atom is 0.00951 e. The lowest BCUT2D eigenvalue weighted by Crippen LogP contribution is -2.37. The van der Waals surface area contributed by atoms with Gasteiger partial charge in [0.2, 0.25) is 0 Å². The molecule has 2 aliphatic rings. The summed E-state index contributed by atoms with van der Waals surface area (Å²) in [7, 11) is 0. The molecule has 1 aliphatic heterocycles. The summed E-state index contributed by atoms with van der Waals surface area (Å²) in [5, 5.41) is 0. The fraction of sp³-hybridized carbons (Fsp3) is 1.00. The molecule has 0 aromatic carbocycles. The van der Waals surface area contributed by atoms with Crippen LogP contribution in [0.2, 0.25) is 0 Å². The molecule has 1 saturated heterocycles. The maximum atomic E-state index is 2.72. The van der Waals surface area contributed by atoms with E-state index >= 15 is 0 Å². The van der Waals surface area contributed by atoms with Gasteiger partial charge in [0.25, 0.3) is 0 Å². The average molecular weight is 181 g/mol.